The second-order valence-corrected chi connectivity index (χ2v) is 9.72. The van der Waals surface area contributed by atoms with E-state index in [4.69, 9.17) is 38.1 Å². The lowest BCUT2D eigenvalue weighted by atomic mass is 10.1. The van der Waals surface area contributed by atoms with Gasteiger partial charge in [-0.1, -0.05) is 41.4 Å². The second-order valence-electron chi connectivity index (χ2n) is 8.90. The normalized spacial score (nSPS) is 13.5. The molecule has 0 atom stereocenters. The number of anilines is 2. The highest BCUT2D eigenvalue weighted by Crippen LogP contribution is 2.27. The first-order valence-corrected chi connectivity index (χ1v) is 12.7. The van der Waals surface area contributed by atoms with Gasteiger partial charge in [0.25, 0.3) is 5.56 Å². The highest BCUT2D eigenvalue weighted by atomic mass is 35.5. The van der Waals surface area contributed by atoms with Gasteiger partial charge >= 0.3 is 12.1 Å². The summed E-state index contributed by atoms with van der Waals surface area (Å²) in [7, 11) is 1.92. The molecule has 1 aliphatic rings. The number of hydrogen-bond acceptors (Lipinski definition) is 6. The smallest absolute Gasteiger partial charge is 0.475 e. The van der Waals surface area contributed by atoms with E-state index in [0.717, 1.165) is 37.3 Å². The van der Waals surface area contributed by atoms with Crippen molar-refractivity contribution in [1.29, 1.82) is 0 Å². The zero-order chi connectivity index (χ0) is 28.7. The molecule has 1 aliphatic heterocycles. The van der Waals surface area contributed by atoms with Crippen LogP contribution in [0.2, 0.25) is 10.0 Å². The molecule has 2 heterocycles. The minimum Gasteiger partial charge on any atom is -0.475 e. The maximum atomic E-state index is 12.6. The van der Waals surface area contributed by atoms with Crippen LogP contribution in [0.3, 0.4) is 0 Å². The molecule has 39 heavy (non-hydrogen) atoms. The van der Waals surface area contributed by atoms with Crippen molar-refractivity contribution in [1.82, 2.24) is 15.3 Å². The zero-order valence-corrected chi connectivity index (χ0v) is 22.8. The zero-order valence-electron chi connectivity index (χ0n) is 21.3. The Morgan fingerprint density at radius 1 is 1.10 bits per heavy atom. The molecular formula is C26H28Cl2F3N5O3. The molecular weight excluding hydrogens is 558 g/mol. The van der Waals surface area contributed by atoms with Gasteiger partial charge in [0.15, 0.2) is 0 Å². The number of carboxylic acid groups (broad SMARTS) is 1. The van der Waals surface area contributed by atoms with Crippen LogP contribution in [0.25, 0.3) is 0 Å². The minimum atomic E-state index is -5.08. The molecule has 1 aromatic heterocycles. The maximum absolute atomic E-state index is 12.6. The van der Waals surface area contributed by atoms with Gasteiger partial charge in [0.1, 0.15) is 0 Å². The van der Waals surface area contributed by atoms with E-state index in [1.54, 1.807) is 25.1 Å². The predicted molar refractivity (Wildman–Crippen MR) is 146 cm³/mol. The molecule has 0 aliphatic carbocycles. The lowest BCUT2D eigenvalue weighted by Crippen LogP contribution is -2.43. The van der Waals surface area contributed by atoms with Gasteiger partial charge in [0.05, 0.1) is 5.69 Å². The highest BCUT2D eigenvalue weighted by Gasteiger charge is 2.38. The van der Waals surface area contributed by atoms with Crippen molar-refractivity contribution >= 4 is 40.8 Å². The summed E-state index contributed by atoms with van der Waals surface area (Å²) in [6, 6.07) is 14.0. The average Bonchev–Trinajstić information content (AvgIpc) is 2.89. The van der Waals surface area contributed by atoms with Crippen molar-refractivity contribution in [3.8, 4) is 0 Å². The molecule has 0 saturated carbocycles. The Morgan fingerprint density at radius 3 is 2.21 bits per heavy atom. The molecule has 0 radical (unpaired) electrons. The quantitative estimate of drug-likeness (QED) is 0.387. The second kappa shape index (κ2) is 13.2. The number of aromatic nitrogens is 2. The number of nitrogens with one attached hydrogen (secondary N) is 2. The number of halogens is 5. The molecule has 3 N–H and O–H groups in total. The Labute approximate surface area is 233 Å². The topological polar surface area (TPSA) is 102 Å². The van der Waals surface area contributed by atoms with E-state index in [1.807, 2.05) is 11.9 Å². The molecule has 0 spiro atoms. The van der Waals surface area contributed by atoms with Crippen LogP contribution in [-0.4, -0.2) is 60.4 Å². The third-order valence-corrected chi connectivity index (χ3v) is 6.80. The van der Waals surface area contributed by atoms with Crippen molar-refractivity contribution in [2.75, 3.05) is 43.0 Å². The molecule has 1 fully saturated rings. The fourth-order valence-corrected chi connectivity index (χ4v) is 4.40. The van der Waals surface area contributed by atoms with E-state index in [0.29, 0.717) is 40.2 Å². The van der Waals surface area contributed by atoms with Crippen LogP contribution in [0.15, 0.2) is 47.3 Å². The molecule has 2 aromatic carbocycles. The van der Waals surface area contributed by atoms with Gasteiger partial charge in [-0.2, -0.15) is 13.2 Å². The van der Waals surface area contributed by atoms with Gasteiger partial charge in [0.2, 0.25) is 5.95 Å². The Kier molecular flexibility index (Phi) is 10.2. The summed E-state index contributed by atoms with van der Waals surface area (Å²) in [4.78, 5) is 33.4. The number of piperazine rings is 1. The van der Waals surface area contributed by atoms with Gasteiger partial charge in [-0.25, -0.2) is 9.78 Å². The van der Waals surface area contributed by atoms with Crippen LogP contribution in [0.4, 0.5) is 24.8 Å². The van der Waals surface area contributed by atoms with Crippen LogP contribution in [0.1, 0.15) is 22.4 Å². The fourth-order valence-electron chi connectivity index (χ4n) is 3.87. The summed E-state index contributed by atoms with van der Waals surface area (Å²) in [5.74, 6) is -2.24. The maximum Gasteiger partial charge on any atom is 0.490 e. The van der Waals surface area contributed by atoms with Gasteiger partial charge in [-0.15, -0.1) is 0 Å². The molecule has 0 amide bonds. The average molecular weight is 586 g/mol. The van der Waals surface area contributed by atoms with Crippen LogP contribution in [0, 0.1) is 6.92 Å². The van der Waals surface area contributed by atoms with Gasteiger partial charge in [-0.05, 0) is 42.3 Å². The first-order chi connectivity index (χ1) is 18.4. The largest absolute Gasteiger partial charge is 0.490 e. The lowest BCUT2D eigenvalue weighted by Gasteiger charge is -2.29. The number of nitrogens with zero attached hydrogens (tertiary/aromatic N) is 3. The van der Waals surface area contributed by atoms with Gasteiger partial charge < -0.3 is 20.2 Å². The number of carbonyl (C=O) groups is 1. The van der Waals surface area contributed by atoms with Gasteiger partial charge in [0, 0.05) is 67.5 Å². The minimum absolute atomic E-state index is 0.158. The summed E-state index contributed by atoms with van der Waals surface area (Å²) in [5, 5.41) is 11.6. The lowest BCUT2D eigenvalue weighted by molar-refractivity contribution is -0.192. The van der Waals surface area contributed by atoms with E-state index in [2.05, 4.69) is 39.5 Å². The summed E-state index contributed by atoms with van der Waals surface area (Å²) in [5.41, 5.74) is 4.23. The fraction of sp³-hybridized carbons (Fsp3) is 0.346. The van der Waals surface area contributed by atoms with Crippen molar-refractivity contribution < 1.29 is 23.1 Å². The number of benzene rings is 2. The third-order valence-electron chi connectivity index (χ3n) is 6.09. The third kappa shape index (κ3) is 8.35. The van der Waals surface area contributed by atoms with Crippen LogP contribution < -0.4 is 20.7 Å². The van der Waals surface area contributed by atoms with Crippen LogP contribution in [0.5, 0.6) is 0 Å². The summed E-state index contributed by atoms with van der Waals surface area (Å²) in [6.45, 7) is 6.46. The number of aliphatic carboxylic acids is 1. The van der Waals surface area contributed by atoms with Gasteiger partial charge in [-0.3, -0.25) is 9.78 Å². The van der Waals surface area contributed by atoms with Crippen molar-refractivity contribution in [2.24, 2.45) is 0 Å². The molecule has 210 valence electrons. The Morgan fingerprint density at radius 2 is 1.67 bits per heavy atom. The van der Waals surface area contributed by atoms with Crippen LogP contribution in [-0.2, 0) is 17.8 Å². The molecule has 4 rings (SSSR count). The summed E-state index contributed by atoms with van der Waals surface area (Å²) < 4.78 is 31.7. The van der Waals surface area contributed by atoms with E-state index in [-0.39, 0.29) is 5.56 Å². The molecule has 13 heteroatoms. The van der Waals surface area contributed by atoms with Crippen molar-refractivity contribution in [3.05, 3.63) is 85.2 Å². The molecule has 1 saturated heterocycles. The van der Waals surface area contributed by atoms with E-state index in [9.17, 15) is 18.0 Å². The molecule has 3 aromatic rings. The molecule has 8 nitrogen and oxygen atoms in total. The molecule has 0 bridgehead atoms. The number of alkyl halides is 3. The monoisotopic (exact) mass is 585 g/mol. The first-order valence-electron chi connectivity index (χ1n) is 12.0. The Bertz CT molecular complexity index is 1320. The standard InChI is InChI=1S/C24H27Cl2N5O.C2HF3O2/c1-16-22(14-19-20(25)4-3-5-21(19)26)28-24(29-23(16)32)30(2)15-17-6-8-18(9-7-17)31-12-10-27-11-13-31;3-2(4,5)1(6)7/h3-9,27H,10-15H2,1-2H3,(H,28,29,32);(H,6,7). The first kappa shape index (κ1) is 30.3. The van der Waals surface area contributed by atoms with E-state index < -0.39 is 12.1 Å². The number of hydrogen-bond donors (Lipinski definition) is 3. The van der Waals surface area contributed by atoms with Crippen molar-refractivity contribution in [2.45, 2.75) is 26.1 Å². The summed E-state index contributed by atoms with van der Waals surface area (Å²) in [6.07, 6.45) is -4.69. The highest BCUT2D eigenvalue weighted by molar-refractivity contribution is 6.36. The summed E-state index contributed by atoms with van der Waals surface area (Å²) >= 11 is 12.7. The Balaban J connectivity index is 0.000000532. The number of H-pyrrole nitrogens is 1. The number of carboxylic acids is 1. The predicted octanol–water partition coefficient (Wildman–Crippen LogP) is 4.66. The van der Waals surface area contributed by atoms with E-state index >= 15 is 0 Å². The number of aromatic amines is 1. The Hall–Kier alpha value is -3.28. The SMILES string of the molecule is Cc1c(Cc2c(Cl)cccc2Cl)nc(N(C)Cc2ccc(N3CCNCC3)cc2)[nH]c1=O.O=C(O)C(F)(F)F. The van der Waals surface area contributed by atoms with Crippen molar-refractivity contribution in [3.63, 3.8) is 0 Å². The number of rotatable bonds is 6. The molecule has 0 unspecified atom stereocenters. The van der Waals surface area contributed by atoms with Crippen LogP contribution >= 0.6 is 23.2 Å². The van der Waals surface area contributed by atoms with E-state index in [1.165, 1.54) is 5.69 Å².